The van der Waals surface area contributed by atoms with Crippen molar-refractivity contribution >= 4 is 0 Å². The summed E-state index contributed by atoms with van der Waals surface area (Å²) in [6.45, 7) is 8.91. The molecule has 0 aromatic carbocycles. The van der Waals surface area contributed by atoms with E-state index in [4.69, 9.17) is 0 Å². The first kappa shape index (κ1) is 12.2. The van der Waals surface area contributed by atoms with E-state index in [0.717, 1.165) is 19.5 Å². The van der Waals surface area contributed by atoms with Crippen LogP contribution in [0.5, 0.6) is 0 Å². The molecule has 1 heterocycles. The summed E-state index contributed by atoms with van der Waals surface area (Å²) in [5.41, 5.74) is 1.46. The molecule has 0 spiro atoms. The Balaban J connectivity index is 2.41. The van der Waals surface area contributed by atoms with Gasteiger partial charge in [-0.3, -0.25) is 4.68 Å². The molecule has 1 aromatic heterocycles. The molecule has 1 aromatic rings. The highest BCUT2D eigenvalue weighted by Crippen LogP contribution is 2.19. The van der Waals surface area contributed by atoms with Crippen molar-refractivity contribution in [1.82, 2.24) is 15.1 Å². The minimum absolute atomic E-state index is 0.281. The number of hydrogen-bond donors (Lipinski definition) is 1. The van der Waals surface area contributed by atoms with Crippen molar-refractivity contribution in [3.8, 4) is 0 Å². The fourth-order valence-electron chi connectivity index (χ4n) is 1.71. The smallest absolute Gasteiger partial charge is 0.0630 e. The molecule has 1 rings (SSSR count). The van der Waals surface area contributed by atoms with Gasteiger partial charge in [0.1, 0.15) is 0 Å². The van der Waals surface area contributed by atoms with Crippen LogP contribution in [0.15, 0.2) is 12.3 Å². The van der Waals surface area contributed by atoms with Crippen molar-refractivity contribution in [2.45, 2.75) is 33.6 Å². The first-order valence-corrected chi connectivity index (χ1v) is 5.73. The fraction of sp³-hybridized carbons (Fsp3) is 0.750. The minimum atomic E-state index is 0.281. The Hall–Kier alpha value is -0.830. The van der Waals surface area contributed by atoms with E-state index in [9.17, 15) is 0 Å². The molecule has 86 valence electrons. The summed E-state index contributed by atoms with van der Waals surface area (Å²) in [4.78, 5) is 0. The molecule has 3 nitrogen and oxygen atoms in total. The molecule has 1 N–H and O–H groups in total. The van der Waals surface area contributed by atoms with Crippen LogP contribution in [0.2, 0.25) is 0 Å². The van der Waals surface area contributed by atoms with Gasteiger partial charge in [-0.1, -0.05) is 20.8 Å². The van der Waals surface area contributed by atoms with Crippen molar-refractivity contribution < 1.29 is 0 Å². The van der Waals surface area contributed by atoms with E-state index >= 15 is 0 Å². The minimum Gasteiger partial charge on any atom is -0.316 e. The zero-order valence-electron chi connectivity index (χ0n) is 10.4. The van der Waals surface area contributed by atoms with Gasteiger partial charge in [-0.25, -0.2) is 0 Å². The SMILES string of the molecule is CCCNCC(C)(C)Cc1ccn(C)n1. The van der Waals surface area contributed by atoms with Crippen LogP contribution in [-0.4, -0.2) is 22.9 Å². The normalized spacial score (nSPS) is 12.0. The molecular formula is C12H23N3. The molecule has 3 heteroatoms. The molecule has 0 aliphatic carbocycles. The lowest BCUT2D eigenvalue weighted by Gasteiger charge is -2.24. The van der Waals surface area contributed by atoms with Crippen molar-refractivity contribution in [3.63, 3.8) is 0 Å². The molecule has 0 aliphatic heterocycles. The lowest BCUT2D eigenvalue weighted by molar-refractivity contribution is 0.335. The predicted molar refractivity (Wildman–Crippen MR) is 63.9 cm³/mol. The van der Waals surface area contributed by atoms with Crippen molar-refractivity contribution in [2.24, 2.45) is 12.5 Å². The molecule has 0 aliphatic rings. The summed E-state index contributed by atoms with van der Waals surface area (Å²) in [7, 11) is 1.96. The van der Waals surface area contributed by atoms with E-state index in [1.165, 1.54) is 12.1 Å². The molecule has 0 unspecified atom stereocenters. The van der Waals surface area contributed by atoms with E-state index in [-0.39, 0.29) is 5.41 Å². The third-order valence-corrected chi connectivity index (χ3v) is 2.46. The maximum Gasteiger partial charge on any atom is 0.0630 e. The Kier molecular flexibility index (Phi) is 4.33. The Morgan fingerprint density at radius 2 is 2.20 bits per heavy atom. The molecule has 15 heavy (non-hydrogen) atoms. The first-order valence-electron chi connectivity index (χ1n) is 5.73. The van der Waals surface area contributed by atoms with Crippen molar-refractivity contribution in [1.29, 1.82) is 0 Å². The van der Waals surface area contributed by atoms with Crippen LogP contribution >= 0.6 is 0 Å². The van der Waals surface area contributed by atoms with E-state index < -0.39 is 0 Å². The number of nitrogens with one attached hydrogen (secondary N) is 1. The van der Waals surface area contributed by atoms with Crippen LogP contribution in [0, 0.1) is 5.41 Å². The third-order valence-electron chi connectivity index (χ3n) is 2.46. The summed E-state index contributed by atoms with van der Waals surface area (Å²) in [6.07, 6.45) is 4.23. The van der Waals surface area contributed by atoms with Crippen LogP contribution in [0.1, 0.15) is 32.9 Å². The second kappa shape index (κ2) is 5.31. The predicted octanol–water partition coefficient (Wildman–Crippen LogP) is 1.99. The van der Waals surface area contributed by atoms with Crippen LogP contribution in [-0.2, 0) is 13.5 Å². The van der Waals surface area contributed by atoms with Crippen LogP contribution in [0.4, 0.5) is 0 Å². The topological polar surface area (TPSA) is 29.9 Å². The average Bonchev–Trinajstić information content (AvgIpc) is 2.50. The highest BCUT2D eigenvalue weighted by Gasteiger charge is 2.19. The molecule has 0 saturated carbocycles. The van der Waals surface area contributed by atoms with Gasteiger partial charge in [-0.2, -0.15) is 5.10 Å². The Labute approximate surface area is 92.9 Å². The van der Waals surface area contributed by atoms with Crippen LogP contribution in [0.3, 0.4) is 0 Å². The second-order valence-corrected chi connectivity index (χ2v) is 5.00. The van der Waals surface area contributed by atoms with E-state index in [0.29, 0.717) is 0 Å². The van der Waals surface area contributed by atoms with Gasteiger partial charge in [0, 0.05) is 19.8 Å². The van der Waals surface area contributed by atoms with Gasteiger partial charge in [0.2, 0.25) is 0 Å². The lowest BCUT2D eigenvalue weighted by atomic mass is 9.88. The van der Waals surface area contributed by atoms with Gasteiger partial charge in [-0.15, -0.1) is 0 Å². The zero-order chi connectivity index (χ0) is 11.3. The Morgan fingerprint density at radius 3 is 2.73 bits per heavy atom. The average molecular weight is 209 g/mol. The molecule has 0 atom stereocenters. The van der Waals surface area contributed by atoms with E-state index in [2.05, 4.69) is 37.3 Å². The summed E-state index contributed by atoms with van der Waals surface area (Å²) in [6, 6.07) is 2.10. The van der Waals surface area contributed by atoms with Gasteiger partial charge in [0.25, 0.3) is 0 Å². The van der Waals surface area contributed by atoms with Crippen LogP contribution in [0.25, 0.3) is 0 Å². The first-order chi connectivity index (χ1) is 7.03. The summed E-state index contributed by atoms with van der Waals surface area (Å²) >= 11 is 0. The summed E-state index contributed by atoms with van der Waals surface area (Å²) in [5, 5.41) is 7.88. The summed E-state index contributed by atoms with van der Waals surface area (Å²) in [5.74, 6) is 0. The molecule has 0 radical (unpaired) electrons. The van der Waals surface area contributed by atoms with Gasteiger partial charge >= 0.3 is 0 Å². The molecule has 0 fully saturated rings. The van der Waals surface area contributed by atoms with Crippen molar-refractivity contribution in [2.75, 3.05) is 13.1 Å². The van der Waals surface area contributed by atoms with Gasteiger partial charge < -0.3 is 5.32 Å². The maximum absolute atomic E-state index is 4.41. The maximum atomic E-state index is 4.41. The number of hydrogen-bond acceptors (Lipinski definition) is 2. The van der Waals surface area contributed by atoms with Gasteiger partial charge in [0.05, 0.1) is 5.69 Å². The number of rotatable bonds is 6. The molecule has 0 amide bonds. The van der Waals surface area contributed by atoms with Crippen LogP contribution < -0.4 is 5.32 Å². The molecule has 0 saturated heterocycles. The number of aryl methyl sites for hydroxylation is 1. The number of nitrogens with zero attached hydrogens (tertiary/aromatic N) is 2. The summed E-state index contributed by atoms with van der Waals surface area (Å²) < 4.78 is 1.87. The lowest BCUT2D eigenvalue weighted by Crippen LogP contribution is -2.31. The largest absolute Gasteiger partial charge is 0.316 e. The van der Waals surface area contributed by atoms with Gasteiger partial charge in [-0.05, 0) is 30.9 Å². The van der Waals surface area contributed by atoms with E-state index in [1.807, 2.05) is 17.9 Å². The molecular weight excluding hydrogens is 186 g/mol. The fourth-order valence-corrected chi connectivity index (χ4v) is 1.71. The second-order valence-electron chi connectivity index (χ2n) is 5.00. The van der Waals surface area contributed by atoms with E-state index in [1.54, 1.807) is 0 Å². The third kappa shape index (κ3) is 4.47. The highest BCUT2D eigenvalue weighted by atomic mass is 15.2. The number of aromatic nitrogens is 2. The highest BCUT2D eigenvalue weighted by molar-refractivity contribution is 5.02. The standard InChI is InChI=1S/C12H23N3/c1-5-7-13-10-12(2,3)9-11-6-8-15(4)14-11/h6,8,13H,5,7,9-10H2,1-4H3. The van der Waals surface area contributed by atoms with Gasteiger partial charge in [0.15, 0.2) is 0 Å². The Bertz CT molecular complexity index is 289. The quantitative estimate of drug-likeness (QED) is 0.726. The monoisotopic (exact) mass is 209 g/mol. The Morgan fingerprint density at radius 1 is 1.47 bits per heavy atom. The molecule has 0 bridgehead atoms. The zero-order valence-corrected chi connectivity index (χ0v) is 10.4. The van der Waals surface area contributed by atoms with Crippen molar-refractivity contribution in [3.05, 3.63) is 18.0 Å².